The van der Waals surface area contributed by atoms with E-state index in [1.165, 1.54) is 0 Å². The van der Waals surface area contributed by atoms with Crippen molar-refractivity contribution in [2.24, 2.45) is 0 Å². The lowest BCUT2D eigenvalue weighted by atomic mass is 10.1. The van der Waals surface area contributed by atoms with Gasteiger partial charge in [-0.15, -0.1) is 0 Å². The largest absolute Gasteiger partial charge is 0.273 e. The standard InChI is InChI=1S/C12H14N2O/c1-4-11-9-7-5-6-8-10(9)12(15)14(11)13(2)3/h4-8H,1-3H3/b11-4-. The van der Waals surface area contributed by atoms with Gasteiger partial charge in [-0.2, -0.15) is 0 Å². The summed E-state index contributed by atoms with van der Waals surface area (Å²) in [5.41, 5.74) is 2.75. The first kappa shape index (κ1) is 9.93. The Labute approximate surface area is 89.6 Å². The third-order valence-electron chi connectivity index (χ3n) is 2.53. The molecule has 0 fully saturated rings. The van der Waals surface area contributed by atoms with Gasteiger partial charge in [0.15, 0.2) is 0 Å². The molecule has 1 aromatic carbocycles. The summed E-state index contributed by atoms with van der Waals surface area (Å²) in [6, 6.07) is 7.69. The Morgan fingerprint density at radius 1 is 1.20 bits per heavy atom. The zero-order valence-corrected chi connectivity index (χ0v) is 9.19. The molecule has 0 unspecified atom stereocenters. The normalized spacial score (nSPS) is 17.7. The first-order chi connectivity index (χ1) is 7.16. The molecule has 0 bridgehead atoms. The summed E-state index contributed by atoms with van der Waals surface area (Å²) < 4.78 is 0. The van der Waals surface area contributed by atoms with E-state index < -0.39 is 0 Å². The Bertz CT molecular complexity index is 435. The summed E-state index contributed by atoms with van der Waals surface area (Å²) in [7, 11) is 3.74. The first-order valence-electron chi connectivity index (χ1n) is 4.94. The maximum Gasteiger partial charge on any atom is 0.273 e. The fourth-order valence-electron chi connectivity index (χ4n) is 1.91. The Hall–Kier alpha value is -1.61. The molecule has 3 heteroatoms. The predicted octanol–water partition coefficient (Wildman–Crippen LogP) is 1.98. The second kappa shape index (κ2) is 3.51. The molecule has 0 radical (unpaired) electrons. The number of rotatable bonds is 1. The van der Waals surface area contributed by atoms with Crippen LogP contribution >= 0.6 is 0 Å². The van der Waals surface area contributed by atoms with Gasteiger partial charge in [-0.25, -0.2) is 10.0 Å². The average Bonchev–Trinajstić information content (AvgIpc) is 2.52. The molecule has 0 saturated carbocycles. The van der Waals surface area contributed by atoms with Gasteiger partial charge in [-0.1, -0.05) is 24.3 Å². The molecule has 1 aliphatic heterocycles. The van der Waals surface area contributed by atoms with Crippen LogP contribution in [0, 0.1) is 0 Å². The number of carbonyl (C=O) groups is 1. The van der Waals surface area contributed by atoms with Crippen LogP contribution in [-0.2, 0) is 0 Å². The van der Waals surface area contributed by atoms with E-state index in [9.17, 15) is 4.79 Å². The minimum Gasteiger partial charge on any atom is -0.267 e. The van der Waals surface area contributed by atoms with Crippen LogP contribution in [0.1, 0.15) is 22.8 Å². The van der Waals surface area contributed by atoms with Crippen molar-refractivity contribution in [1.29, 1.82) is 0 Å². The molecule has 78 valence electrons. The lowest BCUT2D eigenvalue weighted by Gasteiger charge is -2.25. The maximum atomic E-state index is 12.1. The molecule has 15 heavy (non-hydrogen) atoms. The molecular weight excluding hydrogens is 188 g/mol. The number of allylic oxidation sites excluding steroid dienone is 1. The highest BCUT2D eigenvalue weighted by molar-refractivity contribution is 6.08. The van der Waals surface area contributed by atoms with E-state index in [2.05, 4.69) is 0 Å². The topological polar surface area (TPSA) is 23.6 Å². The lowest BCUT2D eigenvalue weighted by Crippen LogP contribution is -2.36. The lowest BCUT2D eigenvalue weighted by molar-refractivity contribution is 0.0520. The Morgan fingerprint density at radius 3 is 2.33 bits per heavy atom. The van der Waals surface area contributed by atoms with E-state index in [1.54, 1.807) is 10.0 Å². The van der Waals surface area contributed by atoms with Crippen LogP contribution in [0.2, 0.25) is 0 Å². The third-order valence-corrected chi connectivity index (χ3v) is 2.53. The van der Waals surface area contributed by atoms with E-state index in [-0.39, 0.29) is 5.91 Å². The molecule has 1 aliphatic rings. The number of hydrogen-bond donors (Lipinski definition) is 0. The molecular formula is C12H14N2O. The molecule has 0 aromatic heterocycles. The van der Waals surface area contributed by atoms with Gasteiger partial charge in [-0.3, -0.25) is 4.79 Å². The van der Waals surface area contributed by atoms with Crippen molar-refractivity contribution in [1.82, 2.24) is 10.0 Å². The maximum absolute atomic E-state index is 12.1. The van der Waals surface area contributed by atoms with Gasteiger partial charge in [0.1, 0.15) is 0 Å². The van der Waals surface area contributed by atoms with Crippen LogP contribution < -0.4 is 0 Å². The third kappa shape index (κ3) is 1.36. The fraction of sp³-hybridized carbons (Fsp3) is 0.250. The minimum absolute atomic E-state index is 0.0451. The minimum atomic E-state index is 0.0451. The van der Waals surface area contributed by atoms with E-state index in [0.717, 1.165) is 16.8 Å². The number of fused-ring (bicyclic) bond motifs is 1. The summed E-state index contributed by atoms with van der Waals surface area (Å²) in [5, 5.41) is 3.49. The molecule has 1 aromatic rings. The molecule has 0 aliphatic carbocycles. The Morgan fingerprint density at radius 2 is 1.80 bits per heavy atom. The summed E-state index contributed by atoms with van der Waals surface area (Å²) in [6.07, 6.45) is 1.96. The second-order valence-corrected chi connectivity index (χ2v) is 3.68. The van der Waals surface area contributed by atoms with Gasteiger partial charge >= 0.3 is 0 Å². The van der Waals surface area contributed by atoms with Crippen LogP contribution in [0.3, 0.4) is 0 Å². The molecule has 0 N–H and O–H groups in total. The van der Waals surface area contributed by atoms with Gasteiger partial charge in [-0.05, 0) is 13.0 Å². The van der Waals surface area contributed by atoms with Gasteiger partial charge in [0.25, 0.3) is 5.91 Å². The number of nitrogens with zero attached hydrogens (tertiary/aromatic N) is 2. The molecule has 0 atom stereocenters. The second-order valence-electron chi connectivity index (χ2n) is 3.68. The molecule has 1 heterocycles. The SMILES string of the molecule is C/C=C1/c2ccccc2C(=O)N1N(C)C. The van der Waals surface area contributed by atoms with E-state index in [1.807, 2.05) is 51.4 Å². The fourth-order valence-corrected chi connectivity index (χ4v) is 1.91. The van der Waals surface area contributed by atoms with E-state index in [4.69, 9.17) is 0 Å². The monoisotopic (exact) mass is 202 g/mol. The predicted molar refractivity (Wildman–Crippen MR) is 59.9 cm³/mol. The van der Waals surface area contributed by atoms with Crippen molar-refractivity contribution in [3.05, 3.63) is 41.5 Å². The molecule has 3 nitrogen and oxygen atoms in total. The number of carbonyl (C=O) groups excluding carboxylic acids is 1. The molecule has 0 saturated heterocycles. The van der Waals surface area contributed by atoms with Crippen molar-refractivity contribution in [3.8, 4) is 0 Å². The first-order valence-corrected chi connectivity index (χ1v) is 4.94. The van der Waals surface area contributed by atoms with Crippen LogP contribution in [0.15, 0.2) is 30.3 Å². The Balaban J connectivity index is 2.59. The molecule has 1 amide bonds. The van der Waals surface area contributed by atoms with Crippen LogP contribution in [0.4, 0.5) is 0 Å². The number of hydrazine groups is 1. The number of benzene rings is 1. The summed E-state index contributed by atoms with van der Waals surface area (Å²) in [6.45, 7) is 1.95. The van der Waals surface area contributed by atoms with Crippen LogP contribution in [0.25, 0.3) is 5.70 Å². The zero-order chi connectivity index (χ0) is 11.0. The van der Waals surface area contributed by atoms with Gasteiger partial charge in [0.05, 0.1) is 11.3 Å². The zero-order valence-electron chi connectivity index (χ0n) is 9.19. The smallest absolute Gasteiger partial charge is 0.267 e. The van der Waals surface area contributed by atoms with Gasteiger partial charge < -0.3 is 0 Å². The van der Waals surface area contributed by atoms with Gasteiger partial charge in [0.2, 0.25) is 0 Å². The van der Waals surface area contributed by atoms with E-state index in [0.29, 0.717) is 0 Å². The highest BCUT2D eigenvalue weighted by Gasteiger charge is 2.32. The van der Waals surface area contributed by atoms with Crippen molar-refractivity contribution in [3.63, 3.8) is 0 Å². The quantitative estimate of drug-likeness (QED) is 0.695. The summed E-state index contributed by atoms with van der Waals surface area (Å²) in [4.78, 5) is 12.1. The Kier molecular flexibility index (Phi) is 2.32. The van der Waals surface area contributed by atoms with Gasteiger partial charge in [0, 0.05) is 19.7 Å². The summed E-state index contributed by atoms with van der Waals surface area (Å²) in [5.74, 6) is 0.0451. The van der Waals surface area contributed by atoms with Crippen molar-refractivity contribution < 1.29 is 4.79 Å². The highest BCUT2D eigenvalue weighted by Crippen LogP contribution is 2.32. The van der Waals surface area contributed by atoms with E-state index >= 15 is 0 Å². The molecule has 2 rings (SSSR count). The number of hydrogen-bond acceptors (Lipinski definition) is 2. The summed E-state index contributed by atoms with van der Waals surface area (Å²) >= 11 is 0. The van der Waals surface area contributed by atoms with Crippen LogP contribution in [0.5, 0.6) is 0 Å². The number of amides is 1. The van der Waals surface area contributed by atoms with Crippen molar-refractivity contribution in [2.75, 3.05) is 14.1 Å². The average molecular weight is 202 g/mol. The van der Waals surface area contributed by atoms with Crippen molar-refractivity contribution >= 4 is 11.6 Å². The van der Waals surface area contributed by atoms with Crippen molar-refractivity contribution in [2.45, 2.75) is 6.92 Å². The highest BCUT2D eigenvalue weighted by atomic mass is 16.2. The molecule has 0 spiro atoms. The van der Waals surface area contributed by atoms with Crippen LogP contribution in [-0.4, -0.2) is 30.0 Å².